The van der Waals surface area contributed by atoms with E-state index in [1.54, 1.807) is 0 Å². The van der Waals surface area contributed by atoms with Gasteiger partial charge in [-0.1, -0.05) is 24.8 Å². The van der Waals surface area contributed by atoms with Crippen LogP contribution >= 0.6 is 0 Å². The van der Waals surface area contributed by atoms with E-state index in [-0.39, 0.29) is 0 Å². The van der Waals surface area contributed by atoms with E-state index in [0.717, 1.165) is 116 Å². The molecule has 7 nitrogen and oxygen atoms in total. The molecule has 34 heavy (non-hydrogen) atoms. The fraction of sp³-hybridized carbons (Fsp3) is 0.852. The van der Waals surface area contributed by atoms with Crippen molar-refractivity contribution in [3.05, 3.63) is 23.5 Å². The summed E-state index contributed by atoms with van der Waals surface area (Å²) >= 11 is 0. The topological polar surface area (TPSA) is 109 Å². The Morgan fingerprint density at radius 2 is 1.38 bits per heavy atom. The predicted molar refractivity (Wildman–Crippen MR) is 145 cm³/mol. The molecule has 0 aromatic rings. The van der Waals surface area contributed by atoms with Crippen molar-refractivity contribution >= 4 is 0 Å². The molecule has 0 aliphatic heterocycles. The minimum absolute atomic E-state index is 0.506. The molecule has 0 aromatic carbocycles. The predicted octanol–water partition coefficient (Wildman–Crippen LogP) is 2.25. The second-order valence-corrected chi connectivity index (χ2v) is 10.0. The molecule has 0 aromatic heterocycles. The molecule has 1 unspecified atom stereocenters. The minimum Gasteiger partial charge on any atom is -0.494 e. The molecule has 0 spiro atoms. The largest absolute Gasteiger partial charge is 0.494 e. The standard InChI is InChI=1S/C27H54N6O/c28-10-4-12-30-14-6-16-32-21-25-18-26(22-33-17-7-15-31-13-5-11-29)20-27(19-25)34-23-24-8-2-1-3-9-24/h19-20,24-25,30-33H,1-18,21-23,28-29H2. The molecule has 1 fully saturated rings. The first-order chi connectivity index (χ1) is 16.8. The zero-order chi connectivity index (χ0) is 24.1. The molecule has 198 valence electrons. The molecule has 8 N–H and O–H groups in total. The Labute approximate surface area is 209 Å². The molecule has 7 heteroatoms. The van der Waals surface area contributed by atoms with Crippen LogP contribution in [-0.2, 0) is 4.74 Å². The molecule has 0 bridgehead atoms. The van der Waals surface area contributed by atoms with Crippen LogP contribution < -0.4 is 32.7 Å². The van der Waals surface area contributed by atoms with E-state index in [1.807, 2.05) is 0 Å². The third-order valence-electron chi connectivity index (χ3n) is 6.77. The van der Waals surface area contributed by atoms with Crippen molar-refractivity contribution in [2.75, 3.05) is 72.1 Å². The van der Waals surface area contributed by atoms with Gasteiger partial charge in [-0.3, -0.25) is 0 Å². The van der Waals surface area contributed by atoms with Gasteiger partial charge in [0.15, 0.2) is 0 Å². The van der Waals surface area contributed by atoms with Crippen molar-refractivity contribution in [3.8, 4) is 0 Å². The van der Waals surface area contributed by atoms with Crippen molar-refractivity contribution in [1.82, 2.24) is 21.3 Å². The fourth-order valence-corrected chi connectivity index (χ4v) is 4.77. The molecule has 2 aliphatic rings. The maximum atomic E-state index is 6.34. The van der Waals surface area contributed by atoms with E-state index < -0.39 is 0 Å². The van der Waals surface area contributed by atoms with Crippen molar-refractivity contribution < 1.29 is 4.74 Å². The molecule has 0 radical (unpaired) electrons. The highest BCUT2D eigenvalue weighted by molar-refractivity contribution is 5.26. The van der Waals surface area contributed by atoms with Crippen LogP contribution in [0.4, 0.5) is 0 Å². The number of nitrogens with one attached hydrogen (secondary N) is 4. The van der Waals surface area contributed by atoms with Gasteiger partial charge >= 0.3 is 0 Å². The zero-order valence-corrected chi connectivity index (χ0v) is 21.7. The summed E-state index contributed by atoms with van der Waals surface area (Å²) in [6, 6.07) is 0. The molecule has 0 amide bonds. The number of nitrogens with two attached hydrogens (primary N) is 2. The summed E-state index contributed by atoms with van der Waals surface area (Å²) in [4.78, 5) is 0. The molecule has 2 aliphatic carbocycles. The third-order valence-corrected chi connectivity index (χ3v) is 6.77. The highest BCUT2D eigenvalue weighted by Crippen LogP contribution is 2.27. The highest BCUT2D eigenvalue weighted by Gasteiger charge is 2.18. The summed E-state index contributed by atoms with van der Waals surface area (Å²) in [6.45, 7) is 10.6. The fourth-order valence-electron chi connectivity index (χ4n) is 4.77. The molecule has 0 saturated heterocycles. The van der Waals surface area contributed by atoms with Gasteiger partial charge in [0, 0.05) is 13.1 Å². The van der Waals surface area contributed by atoms with E-state index in [0.29, 0.717) is 5.92 Å². The summed E-state index contributed by atoms with van der Waals surface area (Å²) in [5.41, 5.74) is 12.6. The number of hydrogen-bond acceptors (Lipinski definition) is 7. The van der Waals surface area contributed by atoms with Crippen LogP contribution in [0.15, 0.2) is 23.5 Å². The average molecular weight is 479 g/mol. The maximum absolute atomic E-state index is 6.34. The Bertz CT molecular complexity index is 547. The van der Waals surface area contributed by atoms with Gasteiger partial charge < -0.3 is 37.5 Å². The van der Waals surface area contributed by atoms with E-state index in [2.05, 4.69) is 33.4 Å². The average Bonchev–Trinajstić information content (AvgIpc) is 2.86. The zero-order valence-electron chi connectivity index (χ0n) is 21.7. The first kappa shape index (κ1) is 29.3. The summed E-state index contributed by atoms with van der Waals surface area (Å²) in [6.07, 6.45) is 17.0. The van der Waals surface area contributed by atoms with Gasteiger partial charge in [0.2, 0.25) is 0 Å². The highest BCUT2D eigenvalue weighted by atomic mass is 16.5. The van der Waals surface area contributed by atoms with Crippen LogP contribution in [0, 0.1) is 11.8 Å². The van der Waals surface area contributed by atoms with Crippen LogP contribution in [0.5, 0.6) is 0 Å². The molecule has 1 saturated carbocycles. The van der Waals surface area contributed by atoms with Gasteiger partial charge in [-0.25, -0.2) is 0 Å². The molecule has 2 rings (SSSR count). The van der Waals surface area contributed by atoms with Gasteiger partial charge in [0.1, 0.15) is 5.76 Å². The van der Waals surface area contributed by atoms with Crippen molar-refractivity contribution in [2.45, 2.75) is 64.2 Å². The lowest BCUT2D eigenvalue weighted by Crippen LogP contribution is -2.29. The smallest absolute Gasteiger partial charge is 0.115 e. The van der Waals surface area contributed by atoms with Gasteiger partial charge in [-0.05, 0) is 121 Å². The van der Waals surface area contributed by atoms with Gasteiger partial charge in [-0.2, -0.15) is 0 Å². The SMILES string of the molecule is NCCCNCCCNCC1=CC(OCC2CCCCC2)=CC(CNCCCNCCCN)C1. The second-order valence-electron chi connectivity index (χ2n) is 10.0. The van der Waals surface area contributed by atoms with Gasteiger partial charge in [0.05, 0.1) is 6.61 Å². The van der Waals surface area contributed by atoms with Gasteiger partial charge in [0.25, 0.3) is 0 Å². The number of hydrogen-bond donors (Lipinski definition) is 6. The van der Waals surface area contributed by atoms with Crippen LogP contribution in [0.1, 0.15) is 64.2 Å². The lowest BCUT2D eigenvalue weighted by molar-refractivity contribution is 0.147. The van der Waals surface area contributed by atoms with Crippen LogP contribution in [0.3, 0.4) is 0 Å². The van der Waals surface area contributed by atoms with Crippen molar-refractivity contribution in [2.24, 2.45) is 23.3 Å². The quantitative estimate of drug-likeness (QED) is 0.140. The van der Waals surface area contributed by atoms with Gasteiger partial charge in [-0.15, -0.1) is 0 Å². The van der Waals surface area contributed by atoms with E-state index in [9.17, 15) is 0 Å². The van der Waals surface area contributed by atoms with E-state index in [1.165, 1.54) is 37.7 Å². The Morgan fingerprint density at radius 3 is 2.06 bits per heavy atom. The Hall–Kier alpha value is -0.960. The number of allylic oxidation sites excluding steroid dienone is 1. The molecule has 0 heterocycles. The lowest BCUT2D eigenvalue weighted by Gasteiger charge is -2.26. The summed E-state index contributed by atoms with van der Waals surface area (Å²) in [5.74, 6) is 2.33. The van der Waals surface area contributed by atoms with Crippen molar-refractivity contribution in [1.29, 1.82) is 0 Å². The third kappa shape index (κ3) is 14.4. The van der Waals surface area contributed by atoms with Crippen molar-refractivity contribution in [3.63, 3.8) is 0 Å². The lowest BCUT2D eigenvalue weighted by atomic mass is 9.90. The summed E-state index contributed by atoms with van der Waals surface area (Å²) in [5, 5.41) is 14.2. The van der Waals surface area contributed by atoms with Crippen LogP contribution in [0.25, 0.3) is 0 Å². The van der Waals surface area contributed by atoms with E-state index >= 15 is 0 Å². The maximum Gasteiger partial charge on any atom is 0.115 e. The number of rotatable bonds is 21. The monoisotopic (exact) mass is 478 g/mol. The van der Waals surface area contributed by atoms with Crippen LogP contribution in [0.2, 0.25) is 0 Å². The minimum atomic E-state index is 0.506. The Morgan fingerprint density at radius 1 is 0.765 bits per heavy atom. The number of ether oxygens (including phenoxy) is 1. The molecular formula is C27H54N6O. The summed E-state index contributed by atoms with van der Waals surface area (Å²) < 4.78 is 6.34. The Kier molecular flexibility index (Phi) is 17.4. The first-order valence-electron chi connectivity index (χ1n) is 14.1. The first-order valence-corrected chi connectivity index (χ1v) is 14.1. The second kappa shape index (κ2) is 20.3. The summed E-state index contributed by atoms with van der Waals surface area (Å²) in [7, 11) is 0. The van der Waals surface area contributed by atoms with E-state index in [4.69, 9.17) is 16.2 Å². The molecular weight excluding hydrogens is 424 g/mol. The Balaban J connectivity index is 1.70. The van der Waals surface area contributed by atoms with Crippen LogP contribution in [-0.4, -0.2) is 72.1 Å². The molecule has 1 atom stereocenters. The normalized spacial score (nSPS) is 19.2.